The summed E-state index contributed by atoms with van der Waals surface area (Å²) in [6.07, 6.45) is 8.14. The second-order valence-electron chi connectivity index (χ2n) is 5.90. The molecule has 3 rings (SSSR count). The summed E-state index contributed by atoms with van der Waals surface area (Å²) in [5.74, 6) is 0.811. The van der Waals surface area contributed by atoms with Gasteiger partial charge in [-0.3, -0.25) is 0 Å². The number of nitrogens with one attached hydrogen (secondary N) is 1. The lowest BCUT2D eigenvalue weighted by atomic mass is 10.1. The Morgan fingerprint density at radius 1 is 1.19 bits per heavy atom. The van der Waals surface area contributed by atoms with E-state index in [1.165, 1.54) is 44.1 Å². The Morgan fingerprint density at radius 3 is 2.71 bits per heavy atom. The molecular formula is C16H23N5. The quantitative estimate of drug-likeness (QED) is 0.878. The van der Waals surface area contributed by atoms with Crippen LogP contribution in [0.4, 0.5) is 0 Å². The van der Waals surface area contributed by atoms with Crippen molar-refractivity contribution in [1.29, 1.82) is 0 Å². The smallest absolute Gasteiger partial charge is 0.181 e. The summed E-state index contributed by atoms with van der Waals surface area (Å²) < 4.78 is 1.71. The highest BCUT2D eigenvalue weighted by atomic mass is 15.5. The van der Waals surface area contributed by atoms with Crippen LogP contribution >= 0.6 is 0 Å². The molecule has 0 unspecified atom stereocenters. The molecule has 0 aliphatic heterocycles. The van der Waals surface area contributed by atoms with Gasteiger partial charge in [0.15, 0.2) is 5.82 Å². The van der Waals surface area contributed by atoms with E-state index >= 15 is 0 Å². The number of nitrogens with zero attached hydrogens (tertiary/aromatic N) is 4. The topological polar surface area (TPSA) is 55.6 Å². The number of aryl methyl sites for hydroxylation is 1. The molecule has 1 heterocycles. The van der Waals surface area contributed by atoms with Crippen LogP contribution in [0.5, 0.6) is 0 Å². The van der Waals surface area contributed by atoms with E-state index in [-0.39, 0.29) is 0 Å². The summed E-state index contributed by atoms with van der Waals surface area (Å²) in [7, 11) is 1.87. The van der Waals surface area contributed by atoms with E-state index in [0.717, 1.165) is 17.9 Å². The van der Waals surface area contributed by atoms with Crippen molar-refractivity contribution in [3.63, 3.8) is 0 Å². The number of rotatable bonds is 4. The molecule has 2 aromatic rings. The van der Waals surface area contributed by atoms with Crippen molar-refractivity contribution in [2.75, 3.05) is 0 Å². The Morgan fingerprint density at radius 2 is 2.00 bits per heavy atom. The molecule has 0 bridgehead atoms. The van der Waals surface area contributed by atoms with Gasteiger partial charge in [0, 0.05) is 25.2 Å². The number of hydrogen-bond acceptors (Lipinski definition) is 4. The Kier molecular flexibility index (Phi) is 4.60. The molecule has 0 radical (unpaired) electrons. The van der Waals surface area contributed by atoms with Crippen LogP contribution in [-0.4, -0.2) is 26.2 Å². The first kappa shape index (κ1) is 14.2. The van der Waals surface area contributed by atoms with E-state index in [1.54, 1.807) is 4.68 Å². The van der Waals surface area contributed by atoms with Gasteiger partial charge in [0.2, 0.25) is 0 Å². The molecule has 0 atom stereocenters. The summed E-state index contributed by atoms with van der Waals surface area (Å²) in [4.78, 5) is 0. The second-order valence-corrected chi connectivity index (χ2v) is 5.90. The molecule has 1 N–H and O–H groups in total. The van der Waals surface area contributed by atoms with Gasteiger partial charge in [0.05, 0.1) is 0 Å². The minimum atomic E-state index is 0.674. The van der Waals surface area contributed by atoms with E-state index in [1.807, 2.05) is 7.05 Å². The van der Waals surface area contributed by atoms with E-state index in [4.69, 9.17) is 0 Å². The summed E-state index contributed by atoms with van der Waals surface area (Å²) in [5.41, 5.74) is 2.36. The van der Waals surface area contributed by atoms with Crippen LogP contribution in [0, 0.1) is 0 Å². The zero-order chi connectivity index (χ0) is 14.5. The molecule has 0 spiro atoms. The van der Waals surface area contributed by atoms with E-state index in [2.05, 4.69) is 45.1 Å². The molecule has 1 aliphatic carbocycles. The zero-order valence-corrected chi connectivity index (χ0v) is 12.6. The minimum Gasteiger partial charge on any atom is -0.310 e. The van der Waals surface area contributed by atoms with Gasteiger partial charge in [-0.1, -0.05) is 43.9 Å². The van der Waals surface area contributed by atoms with E-state index < -0.39 is 0 Å². The monoisotopic (exact) mass is 285 g/mol. The third-order valence-electron chi connectivity index (χ3n) is 4.26. The Labute approximate surface area is 125 Å². The van der Waals surface area contributed by atoms with Crippen LogP contribution in [0.1, 0.15) is 44.1 Å². The number of aromatic nitrogens is 4. The van der Waals surface area contributed by atoms with Crippen LogP contribution in [0.2, 0.25) is 0 Å². The highest BCUT2D eigenvalue weighted by Crippen LogP contribution is 2.19. The predicted molar refractivity (Wildman–Crippen MR) is 82.6 cm³/mol. The first-order chi connectivity index (χ1) is 10.3. The van der Waals surface area contributed by atoms with Gasteiger partial charge in [-0.05, 0) is 34.9 Å². The Bertz CT molecular complexity index is 570. The molecule has 1 aromatic carbocycles. The van der Waals surface area contributed by atoms with Crippen LogP contribution in [0.15, 0.2) is 24.3 Å². The van der Waals surface area contributed by atoms with Crippen molar-refractivity contribution >= 4 is 0 Å². The van der Waals surface area contributed by atoms with Gasteiger partial charge in [-0.2, -0.15) is 0 Å². The van der Waals surface area contributed by atoms with Crippen molar-refractivity contribution in [3.05, 3.63) is 29.8 Å². The largest absolute Gasteiger partial charge is 0.310 e. The van der Waals surface area contributed by atoms with Crippen LogP contribution in [-0.2, 0) is 13.6 Å². The van der Waals surface area contributed by atoms with Gasteiger partial charge in [-0.15, -0.1) is 5.10 Å². The normalized spacial score (nSPS) is 16.8. The highest BCUT2D eigenvalue weighted by molar-refractivity contribution is 5.55. The van der Waals surface area contributed by atoms with Crippen molar-refractivity contribution in [2.24, 2.45) is 7.05 Å². The van der Waals surface area contributed by atoms with Gasteiger partial charge >= 0.3 is 0 Å². The fourth-order valence-corrected chi connectivity index (χ4v) is 3.04. The molecule has 112 valence electrons. The molecule has 5 nitrogen and oxygen atoms in total. The Balaban J connectivity index is 1.65. The average Bonchev–Trinajstić information content (AvgIpc) is 2.77. The number of benzene rings is 1. The lowest BCUT2D eigenvalue weighted by molar-refractivity contribution is 0.459. The predicted octanol–water partition coefficient (Wildman–Crippen LogP) is 2.69. The standard InChI is InChI=1S/C16H23N5/c1-21-16(18-19-20-21)14-8-6-7-13(11-14)12-17-15-9-4-2-3-5-10-15/h6-8,11,15,17H,2-5,9-10,12H2,1H3. The molecule has 1 saturated carbocycles. The molecule has 0 saturated heterocycles. The fraction of sp³-hybridized carbons (Fsp3) is 0.562. The Hall–Kier alpha value is -1.75. The zero-order valence-electron chi connectivity index (χ0n) is 12.6. The molecule has 1 fully saturated rings. The van der Waals surface area contributed by atoms with Gasteiger partial charge in [-0.25, -0.2) is 4.68 Å². The van der Waals surface area contributed by atoms with Gasteiger partial charge in [0.25, 0.3) is 0 Å². The van der Waals surface area contributed by atoms with Crippen molar-refractivity contribution < 1.29 is 0 Å². The lowest BCUT2D eigenvalue weighted by Crippen LogP contribution is -2.27. The number of hydrogen-bond donors (Lipinski definition) is 1. The SMILES string of the molecule is Cn1nnnc1-c1cccc(CNC2CCCCCC2)c1. The van der Waals surface area contributed by atoms with Gasteiger partial charge < -0.3 is 5.32 Å². The summed E-state index contributed by atoms with van der Waals surface area (Å²) >= 11 is 0. The summed E-state index contributed by atoms with van der Waals surface area (Å²) in [6.45, 7) is 0.920. The maximum absolute atomic E-state index is 4.07. The van der Waals surface area contributed by atoms with Crippen LogP contribution in [0.25, 0.3) is 11.4 Å². The molecule has 21 heavy (non-hydrogen) atoms. The first-order valence-corrected chi connectivity index (χ1v) is 7.88. The highest BCUT2D eigenvalue weighted by Gasteiger charge is 2.12. The average molecular weight is 285 g/mol. The first-order valence-electron chi connectivity index (χ1n) is 7.88. The van der Waals surface area contributed by atoms with Crippen molar-refractivity contribution in [2.45, 2.75) is 51.1 Å². The summed E-state index contributed by atoms with van der Waals surface area (Å²) in [6, 6.07) is 9.15. The van der Waals surface area contributed by atoms with E-state index in [9.17, 15) is 0 Å². The van der Waals surface area contributed by atoms with Crippen molar-refractivity contribution in [1.82, 2.24) is 25.5 Å². The molecular weight excluding hydrogens is 262 g/mol. The third kappa shape index (κ3) is 3.67. The molecule has 1 aliphatic rings. The van der Waals surface area contributed by atoms with E-state index in [0.29, 0.717) is 6.04 Å². The lowest BCUT2D eigenvalue weighted by Gasteiger charge is -2.16. The molecule has 5 heteroatoms. The minimum absolute atomic E-state index is 0.674. The van der Waals surface area contributed by atoms with Crippen LogP contribution < -0.4 is 5.32 Å². The maximum Gasteiger partial charge on any atom is 0.181 e. The third-order valence-corrected chi connectivity index (χ3v) is 4.26. The second kappa shape index (κ2) is 6.80. The fourth-order valence-electron chi connectivity index (χ4n) is 3.04. The molecule has 1 aromatic heterocycles. The van der Waals surface area contributed by atoms with Gasteiger partial charge in [0.1, 0.15) is 0 Å². The van der Waals surface area contributed by atoms with Crippen LogP contribution in [0.3, 0.4) is 0 Å². The molecule has 0 amide bonds. The maximum atomic E-state index is 4.07. The number of tetrazole rings is 1. The van der Waals surface area contributed by atoms with Crippen molar-refractivity contribution in [3.8, 4) is 11.4 Å². The summed E-state index contributed by atoms with van der Waals surface area (Å²) in [5, 5.41) is 15.4.